The Labute approximate surface area is 91.7 Å². The number of nitrogens with zero attached hydrogens (tertiary/aromatic N) is 2. The van der Waals surface area contributed by atoms with E-state index in [9.17, 15) is 0 Å². The molecule has 1 saturated heterocycles. The van der Waals surface area contributed by atoms with Crippen LogP contribution in [0.4, 0.5) is 0 Å². The molecule has 0 aromatic carbocycles. The van der Waals surface area contributed by atoms with Gasteiger partial charge in [0.1, 0.15) is 0 Å². The Kier molecular flexibility index (Phi) is 3.46. The number of nitrogens with one attached hydrogen (secondary N) is 1. The molecule has 2 aliphatic heterocycles. The molecule has 0 radical (unpaired) electrons. The van der Waals surface area contributed by atoms with E-state index < -0.39 is 0 Å². The first-order valence-electron chi connectivity index (χ1n) is 5.87. The quantitative estimate of drug-likeness (QED) is 0.730. The summed E-state index contributed by atoms with van der Waals surface area (Å²) >= 11 is 0. The molecule has 1 fully saturated rings. The van der Waals surface area contributed by atoms with Crippen LogP contribution in [0.2, 0.25) is 0 Å². The lowest BCUT2D eigenvalue weighted by atomic mass is 9.96. The second-order valence-electron chi connectivity index (χ2n) is 4.58. The molecule has 1 N–H and O–H groups in total. The molecular formula is C11H21N3O. The Bertz CT molecular complexity index is 242. The third-order valence-corrected chi connectivity index (χ3v) is 3.20. The molecule has 0 saturated carbocycles. The first-order valence-corrected chi connectivity index (χ1v) is 5.87. The molecule has 2 heterocycles. The zero-order valence-corrected chi connectivity index (χ0v) is 9.70. The van der Waals surface area contributed by atoms with E-state index in [1.54, 1.807) is 0 Å². The van der Waals surface area contributed by atoms with Crippen molar-refractivity contribution in [1.82, 2.24) is 10.2 Å². The van der Waals surface area contributed by atoms with Crippen LogP contribution >= 0.6 is 0 Å². The molecule has 2 aliphatic rings. The van der Waals surface area contributed by atoms with Crippen LogP contribution in [0.5, 0.6) is 0 Å². The molecule has 0 spiro atoms. The molecule has 0 aromatic rings. The lowest BCUT2D eigenvalue weighted by Crippen LogP contribution is -2.40. The average molecular weight is 211 g/mol. The van der Waals surface area contributed by atoms with E-state index >= 15 is 0 Å². The Morgan fingerprint density at radius 2 is 2.47 bits per heavy atom. The maximum absolute atomic E-state index is 5.53. The molecule has 4 nitrogen and oxygen atoms in total. The zero-order valence-electron chi connectivity index (χ0n) is 9.70. The highest BCUT2D eigenvalue weighted by atomic mass is 16.5. The van der Waals surface area contributed by atoms with Gasteiger partial charge in [-0.15, -0.1) is 0 Å². The second-order valence-corrected chi connectivity index (χ2v) is 4.58. The van der Waals surface area contributed by atoms with Gasteiger partial charge in [-0.2, -0.15) is 0 Å². The summed E-state index contributed by atoms with van der Waals surface area (Å²) < 4.78 is 5.53. The van der Waals surface area contributed by atoms with Crippen molar-refractivity contribution in [3.63, 3.8) is 0 Å². The summed E-state index contributed by atoms with van der Waals surface area (Å²) in [5.74, 6) is 1.81. The van der Waals surface area contributed by atoms with Gasteiger partial charge in [0.05, 0.1) is 12.6 Å². The summed E-state index contributed by atoms with van der Waals surface area (Å²) in [4.78, 5) is 6.60. The molecule has 4 heteroatoms. The van der Waals surface area contributed by atoms with E-state index in [1.165, 1.54) is 12.8 Å². The Morgan fingerprint density at radius 3 is 3.13 bits per heavy atom. The van der Waals surface area contributed by atoms with E-state index in [-0.39, 0.29) is 0 Å². The molecular weight excluding hydrogens is 190 g/mol. The van der Waals surface area contributed by atoms with Crippen LogP contribution in [0.1, 0.15) is 19.8 Å². The number of hydrogen-bond acceptors (Lipinski definition) is 4. The van der Waals surface area contributed by atoms with E-state index in [1.807, 2.05) is 0 Å². The minimum atomic E-state index is 0.425. The molecule has 0 bridgehead atoms. The van der Waals surface area contributed by atoms with Crippen LogP contribution < -0.4 is 5.32 Å². The highest BCUT2D eigenvalue weighted by Gasteiger charge is 2.20. The van der Waals surface area contributed by atoms with Gasteiger partial charge in [-0.1, -0.05) is 0 Å². The lowest BCUT2D eigenvalue weighted by molar-refractivity contribution is 0.00372. The number of aliphatic imine (C=N–C) groups is 1. The van der Waals surface area contributed by atoms with Crippen molar-refractivity contribution in [2.45, 2.75) is 25.9 Å². The molecule has 2 rings (SSSR count). The fourth-order valence-corrected chi connectivity index (χ4v) is 2.24. The third kappa shape index (κ3) is 2.84. The SMILES string of the molecule is CC1CC(CNC2=NCCN2C)CCO1. The van der Waals surface area contributed by atoms with Gasteiger partial charge in [0.25, 0.3) is 0 Å². The normalized spacial score (nSPS) is 31.6. The molecule has 2 atom stereocenters. The Balaban J connectivity index is 1.73. The number of guanidine groups is 1. The maximum Gasteiger partial charge on any atom is 0.193 e. The van der Waals surface area contributed by atoms with Gasteiger partial charge in [-0.05, 0) is 25.7 Å². The molecule has 2 unspecified atom stereocenters. The van der Waals surface area contributed by atoms with Crippen LogP contribution in [0.25, 0.3) is 0 Å². The van der Waals surface area contributed by atoms with E-state index in [0.717, 1.165) is 38.1 Å². The Morgan fingerprint density at radius 1 is 1.60 bits per heavy atom. The predicted octanol–water partition coefficient (Wildman–Crippen LogP) is 0.692. The number of hydrogen-bond donors (Lipinski definition) is 1. The standard InChI is InChI=1S/C11H21N3O/c1-9-7-10(3-6-15-9)8-13-11-12-4-5-14(11)2/h9-10H,3-8H2,1-2H3,(H,12,13). The number of rotatable bonds is 2. The fourth-order valence-electron chi connectivity index (χ4n) is 2.24. The van der Waals surface area contributed by atoms with Gasteiger partial charge in [0.15, 0.2) is 5.96 Å². The largest absolute Gasteiger partial charge is 0.378 e. The van der Waals surface area contributed by atoms with E-state index in [4.69, 9.17) is 4.74 Å². The van der Waals surface area contributed by atoms with Crippen LogP contribution in [0, 0.1) is 5.92 Å². The number of likely N-dealkylation sites (N-methyl/N-ethyl adjacent to an activating group) is 1. The monoisotopic (exact) mass is 211 g/mol. The highest BCUT2D eigenvalue weighted by Crippen LogP contribution is 2.18. The predicted molar refractivity (Wildman–Crippen MR) is 61.1 cm³/mol. The summed E-state index contributed by atoms with van der Waals surface area (Å²) in [5, 5.41) is 3.44. The van der Waals surface area contributed by atoms with Crippen molar-refractivity contribution in [2.24, 2.45) is 10.9 Å². The van der Waals surface area contributed by atoms with Gasteiger partial charge in [0, 0.05) is 26.7 Å². The molecule has 15 heavy (non-hydrogen) atoms. The first-order chi connectivity index (χ1) is 7.25. The van der Waals surface area contributed by atoms with Crippen molar-refractivity contribution in [1.29, 1.82) is 0 Å². The van der Waals surface area contributed by atoms with Gasteiger partial charge < -0.3 is 15.0 Å². The smallest absolute Gasteiger partial charge is 0.193 e. The van der Waals surface area contributed by atoms with Crippen molar-refractivity contribution in [3.05, 3.63) is 0 Å². The topological polar surface area (TPSA) is 36.9 Å². The van der Waals surface area contributed by atoms with Gasteiger partial charge >= 0.3 is 0 Å². The molecule has 86 valence electrons. The second kappa shape index (κ2) is 4.84. The van der Waals surface area contributed by atoms with Crippen LogP contribution in [-0.4, -0.2) is 50.3 Å². The summed E-state index contributed by atoms with van der Waals surface area (Å²) in [5.41, 5.74) is 0. The first kappa shape index (κ1) is 10.7. The van der Waals surface area contributed by atoms with Crippen molar-refractivity contribution < 1.29 is 4.74 Å². The summed E-state index contributed by atoms with van der Waals surface area (Å²) in [6.45, 7) is 6.09. The molecule has 0 aliphatic carbocycles. The van der Waals surface area contributed by atoms with Crippen molar-refractivity contribution in [2.75, 3.05) is 33.3 Å². The van der Waals surface area contributed by atoms with E-state index in [0.29, 0.717) is 6.10 Å². The van der Waals surface area contributed by atoms with Gasteiger partial charge in [-0.25, -0.2) is 0 Å². The molecule has 0 amide bonds. The van der Waals surface area contributed by atoms with Crippen molar-refractivity contribution >= 4 is 5.96 Å². The maximum atomic E-state index is 5.53. The molecule has 0 aromatic heterocycles. The van der Waals surface area contributed by atoms with Gasteiger partial charge in [-0.3, -0.25) is 4.99 Å². The van der Waals surface area contributed by atoms with Crippen molar-refractivity contribution in [3.8, 4) is 0 Å². The number of ether oxygens (including phenoxy) is 1. The zero-order chi connectivity index (χ0) is 10.7. The summed E-state index contributed by atoms with van der Waals surface area (Å²) in [7, 11) is 2.09. The third-order valence-electron chi connectivity index (χ3n) is 3.20. The van der Waals surface area contributed by atoms with Gasteiger partial charge in [0.2, 0.25) is 0 Å². The lowest BCUT2D eigenvalue weighted by Gasteiger charge is -2.28. The average Bonchev–Trinajstić information content (AvgIpc) is 2.61. The van der Waals surface area contributed by atoms with E-state index in [2.05, 4.69) is 29.2 Å². The summed E-state index contributed by atoms with van der Waals surface area (Å²) in [6, 6.07) is 0. The minimum absolute atomic E-state index is 0.425. The highest BCUT2D eigenvalue weighted by molar-refractivity contribution is 5.81. The Hall–Kier alpha value is -0.770. The van der Waals surface area contributed by atoms with Crippen LogP contribution in [0.15, 0.2) is 4.99 Å². The fraction of sp³-hybridized carbons (Fsp3) is 0.909. The van der Waals surface area contributed by atoms with Crippen LogP contribution in [-0.2, 0) is 4.74 Å². The van der Waals surface area contributed by atoms with Crippen LogP contribution in [0.3, 0.4) is 0 Å². The summed E-state index contributed by atoms with van der Waals surface area (Å²) in [6.07, 6.45) is 2.77. The minimum Gasteiger partial charge on any atom is -0.378 e.